The number of alkyl halides is 3. The Hall–Kier alpha value is -2.88. The van der Waals surface area contributed by atoms with Crippen LogP contribution in [0.1, 0.15) is 25.8 Å². The van der Waals surface area contributed by atoms with Gasteiger partial charge in [0.15, 0.2) is 0 Å². The highest BCUT2D eigenvalue weighted by atomic mass is 19.4. The van der Waals surface area contributed by atoms with Gasteiger partial charge in [0.1, 0.15) is 0 Å². The van der Waals surface area contributed by atoms with Crippen molar-refractivity contribution >= 4 is 23.5 Å². The Labute approximate surface area is 166 Å². The zero-order valence-corrected chi connectivity index (χ0v) is 16.1. The lowest BCUT2D eigenvalue weighted by Gasteiger charge is -2.18. The SMILES string of the molecule is CC[C@@H](/C=C/C(=O)N1CCc2ccccc21)N[C@@H](C)C(N)=O.O=C(O)C(F)(F)F. The van der Waals surface area contributed by atoms with Crippen molar-refractivity contribution < 1.29 is 32.7 Å². The standard InChI is InChI=1S/C17H23N3O2.C2HF3O2/c1-3-14(19-12(2)17(18)22)8-9-16(21)20-11-10-13-6-4-5-7-15(13)20;3-2(4,5)1(6)7/h4-9,12,14,19H,3,10-11H2,1-2H3,(H2,18,22);(H,6,7)/b9-8+;/t12-,14-;/m0./s1. The topological polar surface area (TPSA) is 113 Å². The van der Waals surface area contributed by atoms with Crippen molar-refractivity contribution in [1.82, 2.24) is 5.32 Å². The zero-order valence-electron chi connectivity index (χ0n) is 16.1. The zero-order chi connectivity index (χ0) is 22.2. The second-order valence-electron chi connectivity index (χ2n) is 6.34. The van der Waals surface area contributed by atoms with Crippen molar-refractivity contribution in [3.8, 4) is 0 Å². The molecule has 29 heavy (non-hydrogen) atoms. The molecule has 2 amide bonds. The smallest absolute Gasteiger partial charge is 0.475 e. The fourth-order valence-corrected chi connectivity index (χ4v) is 2.57. The van der Waals surface area contributed by atoms with Crippen molar-refractivity contribution in [2.45, 2.75) is 44.9 Å². The summed E-state index contributed by atoms with van der Waals surface area (Å²) in [6.07, 6.45) is -0.0262. The molecule has 0 spiro atoms. The van der Waals surface area contributed by atoms with E-state index in [0.717, 1.165) is 18.5 Å². The molecular formula is C19H24F3N3O4. The van der Waals surface area contributed by atoms with Gasteiger partial charge in [-0.1, -0.05) is 31.2 Å². The van der Waals surface area contributed by atoms with Crippen LogP contribution in [-0.4, -0.2) is 47.7 Å². The van der Waals surface area contributed by atoms with Gasteiger partial charge in [-0.2, -0.15) is 13.2 Å². The number of para-hydroxylation sites is 1. The molecule has 10 heteroatoms. The van der Waals surface area contributed by atoms with E-state index in [4.69, 9.17) is 15.6 Å². The summed E-state index contributed by atoms with van der Waals surface area (Å²) in [4.78, 5) is 34.1. The number of halogens is 3. The molecule has 2 atom stereocenters. The molecule has 0 bridgehead atoms. The van der Waals surface area contributed by atoms with Gasteiger partial charge in [-0.3, -0.25) is 14.9 Å². The van der Waals surface area contributed by atoms with Crippen LogP contribution < -0.4 is 16.0 Å². The summed E-state index contributed by atoms with van der Waals surface area (Å²) in [5.41, 5.74) is 7.44. The predicted octanol–water partition coefficient (Wildman–Crippen LogP) is 2.01. The van der Waals surface area contributed by atoms with Crippen molar-refractivity contribution in [2.75, 3.05) is 11.4 Å². The molecule has 0 saturated heterocycles. The fourth-order valence-electron chi connectivity index (χ4n) is 2.57. The Morgan fingerprint density at radius 1 is 1.31 bits per heavy atom. The van der Waals surface area contributed by atoms with Crippen LogP contribution in [0.3, 0.4) is 0 Å². The van der Waals surface area contributed by atoms with Gasteiger partial charge in [0.25, 0.3) is 5.91 Å². The maximum Gasteiger partial charge on any atom is 0.490 e. The summed E-state index contributed by atoms with van der Waals surface area (Å²) in [6.45, 7) is 4.42. The molecule has 0 aliphatic carbocycles. The van der Waals surface area contributed by atoms with E-state index in [1.54, 1.807) is 17.9 Å². The molecule has 1 aromatic rings. The Morgan fingerprint density at radius 2 is 1.90 bits per heavy atom. The molecule has 4 N–H and O–H groups in total. The van der Waals surface area contributed by atoms with Crippen LogP contribution in [0.5, 0.6) is 0 Å². The molecule has 0 unspecified atom stereocenters. The number of primary amides is 1. The molecule has 1 aliphatic heterocycles. The minimum Gasteiger partial charge on any atom is -0.475 e. The summed E-state index contributed by atoms with van der Waals surface area (Å²) in [7, 11) is 0. The number of amides is 2. The van der Waals surface area contributed by atoms with Crippen LogP contribution in [0.4, 0.5) is 18.9 Å². The lowest BCUT2D eigenvalue weighted by molar-refractivity contribution is -0.192. The Morgan fingerprint density at radius 3 is 2.41 bits per heavy atom. The van der Waals surface area contributed by atoms with Gasteiger partial charge in [-0.05, 0) is 31.4 Å². The van der Waals surface area contributed by atoms with Crippen molar-refractivity contribution in [3.05, 3.63) is 42.0 Å². The van der Waals surface area contributed by atoms with Gasteiger partial charge in [-0.15, -0.1) is 0 Å². The fraction of sp³-hybridized carbons (Fsp3) is 0.421. The molecule has 7 nitrogen and oxygen atoms in total. The number of carboxylic acids is 1. The number of rotatable bonds is 6. The summed E-state index contributed by atoms with van der Waals surface area (Å²) in [5.74, 6) is -3.18. The van der Waals surface area contributed by atoms with E-state index in [1.165, 1.54) is 5.56 Å². The van der Waals surface area contributed by atoms with Crippen LogP contribution >= 0.6 is 0 Å². The maximum absolute atomic E-state index is 12.4. The highest BCUT2D eigenvalue weighted by molar-refractivity contribution is 6.02. The first-order valence-electron chi connectivity index (χ1n) is 8.90. The van der Waals surface area contributed by atoms with Crippen molar-refractivity contribution in [1.29, 1.82) is 0 Å². The first-order valence-corrected chi connectivity index (χ1v) is 8.90. The molecule has 160 valence electrons. The Balaban J connectivity index is 0.000000516. The Bertz CT molecular complexity index is 765. The van der Waals surface area contributed by atoms with E-state index in [2.05, 4.69) is 11.4 Å². The van der Waals surface area contributed by atoms with Crippen molar-refractivity contribution in [3.63, 3.8) is 0 Å². The summed E-state index contributed by atoms with van der Waals surface area (Å²) in [5, 5.41) is 10.2. The van der Waals surface area contributed by atoms with Crippen LogP contribution in [0.2, 0.25) is 0 Å². The monoisotopic (exact) mass is 415 g/mol. The average molecular weight is 415 g/mol. The van der Waals surface area contributed by atoms with E-state index in [0.29, 0.717) is 6.54 Å². The molecule has 2 rings (SSSR count). The third-order valence-corrected chi connectivity index (χ3v) is 4.20. The predicted molar refractivity (Wildman–Crippen MR) is 101 cm³/mol. The second-order valence-corrected chi connectivity index (χ2v) is 6.34. The third-order valence-electron chi connectivity index (χ3n) is 4.20. The largest absolute Gasteiger partial charge is 0.490 e. The van der Waals surface area contributed by atoms with Crippen LogP contribution in [0.25, 0.3) is 0 Å². The van der Waals surface area contributed by atoms with Gasteiger partial charge >= 0.3 is 12.1 Å². The average Bonchev–Trinajstić information content (AvgIpc) is 3.08. The first kappa shape index (κ1) is 24.2. The number of hydrogen-bond acceptors (Lipinski definition) is 4. The number of nitrogens with one attached hydrogen (secondary N) is 1. The quantitative estimate of drug-likeness (QED) is 0.615. The van der Waals surface area contributed by atoms with E-state index >= 15 is 0 Å². The third kappa shape index (κ3) is 7.57. The molecule has 0 saturated carbocycles. The number of carbonyl (C=O) groups is 3. The molecule has 1 aliphatic rings. The molecule has 1 aromatic carbocycles. The summed E-state index contributed by atoms with van der Waals surface area (Å²) >= 11 is 0. The number of carbonyl (C=O) groups excluding carboxylic acids is 2. The van der Waals surface area contributed by atoms with Gasteiger partial charge in [-0.25, -0.2) is 4.79 Å². The summed E-state index contributed by atoms with van der Waals surface area (Å²) < 4.78 is 31.7. The minimum atomic E-state index is -5.08. The lowest BCUT2D eigenvalue weighted by Crippen LogP contribution is -2.43. The molecule has 0 fully saturated rings. The number of fused-ring (bicyclic) bond motifs is 1. The molecule has 1 heterocycles. The molecule has 0 aromatic heterocycles. The minimum absolute atomic E-state index is 0.0306. The number of benzene rings is 1. The van der Waals surface area contributed by atoms with Crippen LogP contribution in [0, 0.1) is 0 Å². The highest BCUT2D eigenvalue weighted by Crippen LogP contribution is 2.27. The number of nitrogens with zero attached hydrogens (tertiary/aromatic N) is 1. The number of carboxylic acid groups (broad SMARTS) is 1. The van der Waals surface area contributed by atoms with Gasteiger partial charge in [0, 0.05) is 24.4 Å². The maximum atomic E-state index is 12.4. The van der Waals surface area contributed by atoms with E-state index < -0.39 is 24.1 Å². The number of hydrogen-bond donors (Lipinski definition) is 3. The van der Waals surface area contributed by atoms with E-state index in [1.807, 2.05) is 31.2 Å². The molecule has 0 radical (unpaired) electrons. The van der Waals surface area contributed by atoms with Gasteiger partial charge < -0.3 is 15.7 Å². The normalized spacial score (nSPS) is 15.3. The first-order chi connectivity index (χ1) is 13.5. The number of nitrogens with two attached hydrogens (primary N) is 1. The van der Waals surface area contributed by atoms with Gasteiger partial charge in [0.05, 0.1) is 6.04 Å². The van der Waals surface area contributed by atoms with E-state index in [9.17, 15) is 22.8 Å². The van der Waals surface area contributed by atoms with E-state index in [-0.39, 0.29) is 11.9 Å². The van der Waals surface area contributed by atoms with Crippen molar-refractivity contribution in [2.24, 2.45) is 5.73 Å². The van der Waals surface area contributed by atoms with Crippen LogP contribution in [-0.2, 0) is 20.8 Å². The number of anilines is 1. The molecular weight excluding hydrogens is 391 g/mol. The van der Waals surface area contributed by atoms with Crippen LogP contribution in [0.15, 0.2) is 36.4 Å². The Kier molecular flexibility index (Phi) is 8.84. The lowest BCUT2D eigenvalue weighted by atomic mass is 10.1. The highest BCUT2D eigenvalue weighted by Gasteiger charge is 2.38. The number of aliphatic carboxylic acids is 1. The van der Waals surface area contributed by atoms with Gasteiger partial charge in [0.2, 0.25) is 5.91 Å². The summed E-state index contributed by atoms with van der Waals surface area (Å²) in [6, 6.07) is 7.49. The second kappa shape index (κ2) is 10.6.